The summed E-state index contributed by atoms with van der Waals surface area (Å²) in [7, 11) is 0. The van der Waals surface area contributed by atoms with Gasteiger partial charge in [0.15, 0.2) is 0 Å². The molecule has 1 saturated heterocycles. The van der Waals surface area contributed by atoms with Gasteiger partial charge in [0.25, 0.3) is 5.92 Å². The Labute approximate surface area is 87.6 Å². The predicted molar refractivity (Wildman–Crippen MR) is 51.5 cm³/mol. The fraction of sp³-hybridized carbons (Fsp3) is 0.900. The molecule has 0 aromatic rings. The zero-order valence-electron chi connectivity index (χ0n) is 8.59. The number of nitrogens with zero attached hydrogens (tertiary/aromatic N) is 1. The van der Waals surface area contributed by atoms with Gasteiger partial charge in [-0.2, -0.15) is 0 Å². The third-order valence-electron chi connectivity index (χ3n) is 3.28. The van der Waals surface area contributed by atoms with Gasteiger partial charge in [-0.1, -0.05) is 0 Å². The average Bonchev–Trinajstić information content (AvgIpc) is 2.14. The van der Waals surface area contributed by atoms with Crippen LogP contribution in [0.1, 0.15) is 25.7 Å². The quantitative estimate of drug-likeness (QED) is 0.713. The van der Waals surface area contributed by atoms with Crippen molar-refractivity contribution in [1.82, 2.24) is 4.90 Å². The number of alkyl halides is 2. The van der Waals surface area contributed by atoms with Crippen LogP contribution >= 0.6 is 0 Å². The Morgan fingerprint density at radius 1 is 1.20 bits per heavy atom. The molecule has 3 nitrogen and oxygen atoms in total. The summed E-state index contributed by atoms with van der Waals surface area (Å²) in [5.74, 6) is -2.82. The first-order valence-electron chi connectivity index (χ1n) is 5.40. The van der Waals surface area contributed by atoms with Crippen molar-refractivity contribution in [3.63, 3.8) is 0 Å². The lowest BCUT2D eigenvalue weighted by Gasteiger charge is -2.41. The highest BCUT2D eigenvalue weighted by Crippen LogP contribution is 2.31. The first-order chi connectivity index (χ1) is 6.98. The Bertz CT molecular complexity index is 254. The van der Waals surface area contributed by atoms with E-state index in [4.69, 9.17) is 5.73 Å². The van der Waals surface area contributed by atoms with Gasteiger partial charge in [-0.3, -0.25) is 4.79 Å². The Hall–Kier alpha value is -0.710. The van der Waals surface area contributed by atoms with E-state index in [1.54, 1.807) is 0 Å². The molecule has 1 amide bonds. The highest BCUT2D eigenvalue weighted by Gasteiger charge is 2.47. The van der Waals surface area contributed by atoms with Crippen LogP contribution in [0.4, 0.5) is 8.78 Å². The lowest BCUT2D eigenvalue weighted by molar-refractivity contribution is -0.170. The third-order valence-corrected chi connectivity index (χ3v) is 3.28. The number of halogens is 2. The van der Waals surface area contributed by atoms with Gasteiger partial charge in [-0.25, -0.2) is 8.78 Å². The molecule has 1 heterocycles. The van der Waals surface area contributed by atoms with Crippen LogP contribution in [0.25, 0.3) is 0 Å². The van der Waals surface area contributed by atoms with E-state index in [1.165, 1.54) is 4.90 Å². The molecule has 0 bridgehead atoms. The lowest BCUT2D eigenvalue weighted by atomic mass is 9.85. The number of carbonyl (C=O) groups excluding carboxylic acids is 1. The molecule has 2 rings (SSSR count). The van der Waals surface area contributed by atoms with Crippen molar-refractivity contribution in [2.45, 2.75) is 37.6 Å². The molecule has 2 fully saturated rings. The zero-order valence-corrected chi connectivity index (χ0v) is 8.59. The maximum atomic E-state index is 12.6. The molecule has 0 atom stereocenters. The summed E-state index contributed by atoms with van der Waals surface area (Å²) in [5, 5.41) is 0. The number of rotatable bonds is 1. The third kappa shape index (κ3) is 2.27. The van der Waals surface area contributed by atoms with E-state index in [2.05, 4.69) is 0 Å². The standard InChI is InChI=1S/C10H16F2N2O/c11-10(12)5-14(6-10)9(15)7-1-3-8(13)4-2-7/h7-8H,1-6,13H2. The monoisotopic (exact) mass is 218 g/mol. The minimum atomic E-state index is -2.65. The van der Waals surface area contributed by atoms with Gasteiger partial charge in [0.05, 0.1) is 13.1 Å². The van der Waals surface area contributed by atoms with Crippen molar-refractivity contribution in [2.24, 2.45) is 11.7 Å². The van der Waals surface area contributed by atoms with Crippen LogP contribution in [-0.4, -0.2) is 35.9 Å². The predicted octanol–water partition coefficient (Wildman–Crippen LogP) is 0.981. The van der Waals surface area contributed by atoms with Crippen LogP contribution < -0.4 is 5.73 Å². The molecule has 1 saturated carbocycles. The van der Waals surface area contributed by atoms with Crippen molar-refractivity contribution < 1.29 is 13.6 Å². The maximum Gasteiger partial charge on any atom is 0.282 e. The van der Waals surface area contributed by atoms with E-state index in [0.717, 1.165) is 25.7 Å². The van der Waals surface area contributed by atoms with Crippen LogP contribution in [0.2, 0.25) is 0 Å². The van der Waals surface area contributed by atoms with Crippen molar-refractivity contribution >= 4 is 5.91 Å². The smallest absolute Gasteiger partial charge is 0.282 e. The first kappa shape index (κ1) is 10.8. The number of nitrogens with two attached hydrogens (primary N) is 1. The summed E-state index contributed by atoms with van der Waals surface area (Å²) in [4.78, 5) is 13.0. The molecule has 0 spiro atoms. The van der Waals surface area contributed by atoms with Crippen LogP contribution in [0.15, 0.2) is 0 Å². The topological polar surface area (TPSA) is 46.3 Å². The van der Waals surface area contributed by atoms with Crippen LogP contribution in [-0.2, 0) is 4.79 Å². The Morgan fingerprint density at radius 2 is 1.73 bits per heavy atom. The van der Waals surface area contributed by atoms with E-state index in [1.807, 2.05) is 0 Å². The van der Waals surface area contributed by atoms with Crippen molar-refractivity contribution in [1.29, 1.82) is 0 Å². The van der Waals surface area contributed by atoms with Gasteiger partial charge < -0.3 is 10.6 Å². The Kier molecular flexibility index (Phi) is 2.66. The molecule has 15 heavy (non-hydrogen) atoms. The minimum absolute atomic E-state index is 0.0686. The fourth-order valence-electron chi connectivity index (χ4n) is 2.29. The zero-order chi connectivity index (χ0) is 11.1. The second kappa shape index (κ2) is 3.70. The summed E-state index contributed by atoms with van der Waals surface area (Å²) in [6, 6.07) is 0.187. The van der Waals surface area contributed by atoms with Crippen LogP contribution in [0.3, 0.4) is 0 Å². The van der Waals surface area contributed by atoms with Gasteiger partial charge in [-0.15, -0.1) is 0 Å². The number of carbonyl (C=O) groups is 1. The summed E-state index contributed by atoms with van der Waals surface area (Å²) < 4.78 is 25.1. The summed E-state index contributed by atoms with van der Waals surface area (Å²) >= 11 is 0. The molecular weight excluding hydrogens is 202 g/mol. The lowest BCUT2D eigenvalue weighted by Crippen LogP contribution is -2.60. The molecule has 86 valence electrons. The summed E-state index contributed by atoms with van der Waals surface area (Å²) in [6.07, 6.45) is 3.17. The molecule has 0 radical (unpaired) electrons. The molecule has 1 aliphatic heterocycles. The molecular formula is C10H16F2N2O. The van der Waals surface area contributed by atoms with E-state index in [-0.39, 0.29) is 17.9 Å². The van der Waals surface area contributed by atoms with Crippen molar-refractivity contribution in [2.75, 3.05) is 13.1 Å². The fourth-order valence-corrected chi connectivity index (χ4v) is 2.29. The number of hydrogen-bond acceptors (Lipinski definition) is 2. The Balaban J connectivity index is 1.82. The molecule has 2 N–H and O–H groups in total. The van der Waals surface area contributed by atoms with E-state index in [0.29, 0.717) is 0 Å². The second-order valence-electron chi connectivity index (χ2n) is 4.66. The molecule has 1 aliphatic carbocycles. The van der Waals surface area contributed by atoms with E-state index < -0.39 is 19.0 Å². The summed E-state index contributed by atoms with van der Waals surface area (Å²) in [6.45, 7) is -0.789. The van der Waals surface area contributed by atoms with Gasteiger partial charge in [0.1, 0.15) is 0 Å². The first-order valence-corrected chi connectivity index (χ1v) is 5.40. The second-order valence-corrected chi connectivity index (χ2v) is 4.66. The molecule has 2 aliphatic rings. The maximum absolute atomic E-state index is 12.6. The SMILES string of the molecule is NC1CCC(C(=O)N2CC(F)(F)C2)CC1. The average molecular weight is 218 g/mol. The van der Waals surface area contributed by atoms with Gasteiger partial charge in [0, 0.05) is 12.0 Å². The Morgan fingerprint density at radius 3 is 2.20 bits per heavy atom. The minimum Gasteiger partial charge on any atom is -0.330 e. The van der Waals surface area contributed by atoms with Crippen LogP contribution in [0.5, 0.6) is 0 Å². The van der Waals surface area contributed by atoms with Gasteiger partial charge in [0.2, 0.25) is 5.91 Å². The van der Waals surface area contributed by atoms with E-state index in [9.17, 15) is 13.6 Å². The number of amides is 1. The number of likely N-dealkylation sites (tertiary alicyclic amines) is 1. The molecule has 0 aromatic heterocycles. The number of hydrogen-bond donors (Lipinski definition) is 1. The molecule has 0 unspecified atom stereocenters. The molecule has 5 heteroatoms. The highest BCUT2D eigenvalue weighted by molar-refractivity contribution is 5.80. The van der Waals surface area contributed by atoms with Gasteiger partial charge in [-0.05, 0) is 25.7 Å². The summed E-state index contributed by atoms with van der Waals surface area (Å²) in [5.41, 5.74) is 5.72. The molecule has 0 aromatic carbocycles. The van der Waals surface area contributed by atoms with Crippen molar-refractivity contribution in [3.05, 3.63) is 0 Å². The van der Waals surface area contributed by atoms with E-state index >= 15 is 0 Å². The van der Waals surface area contributed by atoms with Crippen molar-refractivity contribution in [3.8, 4) is 0 Å². The van der Waals surface area contributed by atoms with Crippen LogP contribution in [0, 0.1) is 5.92 Å². The highest BCUT2D eigenvalue weighted by atomic mass is 19.3. The normalized spacial score (nSPS) is 34.7. The largest absolute Gasteiger partial charge is 0.330 e. The van der Waals surface area contributed by atoms with Gasteiger partial charge >= 0.3 is 0 Å².